The van der Waals surface area contributed by atoms with Gasteiger partial charge in [-0.15, -0.1) is 0 Å². The van der Waals surface area contributed by atoms with Crippen molar-refractivity contribution in [3.05, 3.63) is 0 Å². The molecule has 120 heavy (non-hydrogen) atoms. The lowest BCUT2D eigenvalue weighted by molar-refractivity contribution is -0.145. The number of hydrogen-bond donors (Lipinski definition) is 28. The zero-order valence-corrected chi connectivity index (χ0v) is 71.7. The summed E-state index contributed by atoms with van der Waals surface area (Å²) in [5.41, 5.74) is 35.8. The molecule has 4 amide bonds. The summed E-state index contributed by atoms with van der Waals surface area (Å²) in [6.07, 6.45) is 8.26. The summed E-state index contributed by atoms with van der Waals surface area (Å²) >= 11 is 0. The van der Waals surface area contributed by atoms with Gasteiger partial charge in [0.15, 0.2) is 0 Å². The lowest BCUT2D eigenvalue weighted by Crippen LogP contribution is -2.60. The number of carboxylic acid groups (broad SMARTS) is 4. The van der Waals surface area contributed by atoms with Crippen LogP contribution < -0.4 is 86.0 Å². The molecular formula is C64H126B4N20O28S4. The Morgan fingerprint density at radius 1 is 0.367 bits per heavy atom. The third kappa shape index (κ3) is 26.3. The fourth-order valence-electron chi connectivity index (χ4n) is 15.5. The monoisotopic (exact) mass is 1790 g/mol. The molecule has 0 aromatic rings. The highest BCUT2D eigenvalue weighted by Gasteiger charge is 2.69. The van der Waals surface area contributed by atoms with Gasteiger partial charge in [0.2, 0.25) is 23.6 Å². The molecule has 0 aromatic heterocycles. The number of carboxylic acids is 4. The van der Waals surface area contributed by atoms with Crippen molar-refractivity contribution >= 4 is 117 Å². The number of carbonyl (C=O) groups excluding carboxylic acids is 4. The predicted octanol–water partition coefficient (Wildman–Crippen LogP) is -11.6. The minimum absolute atomic E-state index is 0.0314. The van der Waals surface area contributed by atoms with Gasteiger partial charge in [-0.2, -0.15) is 69.8 Å². The molecule has 0 radical (unpaired) electrons. The highest BCUT2D eigenvalue weighted by molar-refractivity contribution is 7.88. The van der Waals surface area contributed by atoms with Crippen LogP contribution in [-0.4, -0.2) is 332 Å². The smallest absolute Gasteiger partial charge is 0.451 e. The molecule has 0 bridgehead atoms. The highest BCUT2D eigenvalue weighted by Crippen LogP contribution is 2.58. The van der Waals surface area contributed by atoms with Crippen LogP contribution in [0.4, 0.5) is 0 Å². The number of amides is 4. The Kier molecular flexibility index (Phi) is 34.8. The van der Waals surface area contributed by atoms with Crippen LogP contribution in [0.2, 0.25) is 25.3 Å². The Morgan fingerprint density at radius 2 is 0.617 bits per heavy atom. The van der Waals surface area contributed by atoms with Gasteiger partial charge < -0.3 is 128 Å². The molecule has 5 aliphatic carbocycles. The molecule has 4 aliphatic heterocycles. The molecule has 14 atom stereocenters. The van der Waals surface area contributed by atoms with Gasteiger partial charge in [-0.25, -0.2) is 0 Å². The number of aliphatic carboxylic acids is 4. The van der Waals surface area contributed by atoms with Crippen molar-refractivity contribution in [3.8, 4) is 0 Å². The van der Waals surface area contributed by atoms with Crippen LogP contribution in [0.3, 0.4) is 0 Å². The van der Waals surface area contributed by atoms with Gasteiger partial charge >= 0.3 is 52.4 Å². The van der Waals surface area contributed by atoms with Crippen molar-refractivity contribution in [1.82, 2.24) is 57.4 Å². The first-order chi connectivity index (χ1) is 55.0. The van der Waals surface area contributed by atoms with Gasteiger partial charge in [-0.1, -0.05) is 25.7 Å². The van der Waals surface area contributed by atoms with E-state index in [4.69, 9.17) is 86.1 Å². The largest absolute Gasteiger partial charge is 0.480 e. The molecule has 48 nitrogen and oxygen atoms in total. The highest BCUT2D eigenvalue weighted by atomic mass is 32.2. The van der Waals surface area contributed by atoms with Crippen LogP contribution in [0.1, 0.15) is 157 Å². The average Bonchev–Trinajstić information content (AvgIpc) is 1.53. The number of nitrogens with two attached hydrogens (primary N) is 8. The summed E-state index contributed by atoms with van der Waals surface area (Å²) in [7, 11) is -22.3. The minimum atomic E-state index is -4.08. The van der Waals surface area contributed by atoms with Crippen LogP contribution >= 0.6 is 0 Å². The van der Waals surface area contributed by atoms with E-state index >= 15 is 0 Å². The normalized spacial score (nSPS) is 28.4. The van der Waals surface area contributed by atoms with Crippen molar-refractivity contribution in [2.75, 3.05) is 58.9 Å². The van der Waals surface area contributed by atoms with E-state index in [1.807, 2.05) is 0 Å². The Balaban J connectivity index is 0.000000248. The first-order valence-electron chi connectivity index (χ1n) is 40.0. The Morgan fingerprint density at radius 3 is 0.850 bits per heavy atom. The summed E-state index contributed by atoms with van der Waals surface area (Å²) in [6.45, 7) is 7.39. The maximum Gasteiger partial charge on any atom is 0.451 e. The zero-order valence-electron chi connectivity index (χ0n) is 68.4. The Hall–Kier alpha value is -5.14. The SMILES string of the molecule is C[C@H](N)C(=O)NC1(C2(NS(=O)(=O)N3C[C@H](CCCB(O)O)[C@](N)(C(=O)O)C3)CC2)CC1.C[C@H](N)C(=O)NC1(CNS(=O)(=O)N2C[C@H](CCCB(O)O)[C@](N)(C(=O)O)C2)CC1.C[C@H](N)C(=O)NC1([C@@H](C)NS(=O)(=O)N2C[C@H](CCCB(O)O)[C@](N)(C(=O)O)C2)CC1.C[C@H](N)C(=O)NC1([C@H](C)NS(=O)(=O)N2C[C@H](CCCB(O)O)[C@](N)(C(=O)O)C2)CC1. The van der Waals surface area contributed by atoms with Gasteiger partial charge in [-0.05, 0) is 157 Å². The van der Waals surface area contributed by atoms with E-state index in [0.717, 1.165) is 17.2 Å². The van der Waals surface area contributed by atoms with Crippen molar-refractivity contribution in [2.45, 2.75) is 268 Å². The van der Waals surface area contributed by atoms with Gasteiger partial charge in [-0.3, -0.25) is 38.4 Å². The lowest BCUT2D eigenvalue weighted by atomic mass is 9.78. The second-order valence-electron chi connectivity index (χ2n) is 34.5. The molecule has 5 saturated carbocycles. The molecule has 0 unspecified atom stereocenters. The zero-order chi connectivity index (χ0) is 91.1. The van der Waals surface area contributed by atoms with Crippen LogP contribution in [0, 0.1) is 23.7 Å². The third-order valence-electron chi connectivity index (χ3n) is 24.6. The molecule has 9 fully saturated rings. The van der Waals surface area contributed by atoms with Crippen molar-refractivity contribution in [3.63, 3.8) is 0 Å². The third-order valence-corrected chi connectivity index (χ3v) is 30.9. The number of nitrogens with one attached hydrogen (secondary N) is 8. The summed E-state index contributed by atoms with van der Waals surface area (Å²) in [5.74, 6) is -9.45. The van der Waals surface area contributed by atoms with Gasteiger partial charge in [0, 0.05) is 94.7 Å². The molecule has 4 heterocycles. The second-order valence-corrected chi connectivity index (χ2v) is 41.3. The Bertz CT molecular complexity index is 3980. The van der Waals surface area contributed by atoms with Gasteiger partial charge in [0.1, 0.15) is 22.2 Å². The first kappa shape index (κ1) is 104. The van der Waals surface area contributed by atoms with Crippen molar-refractivity contribution < 1.29 is 133 Å². The summed E-state index contributed by atoms with van der Waals surface area (Å²) < 4.78 is 118. The first-order valence-corrected chi connectivity index (χ1v) is 45.7. The van der Waals surface area contributed by atoms with Crippen LogP contribution in [0.15, 0.2) is 0 Å². The van der Waals surface area contributed by atoms with Crippen LogP contribution in [-0.2, 0) is 79.2 Å². The number of nitrogens with zero attached hydrogens (tertiary/aromatic N) is 4. The summed E-state index contributed by atoms with van der Waals surface area (Å²) in [4.78, 5) is 94.8. The lowest BCUT2D eigenvalue weighted by Gasteiger charge is -2.31. The maximum absolute atomic E-state index is 13.2. The molecule has 9 rings (SSSR count). The molecule has 4 saturated heterocycles. The van der Waals surface area contributed by atoms with Crippen LogP contribution in [0.5, 0.6) is 0 Å². The molecule has 36 N–H and O–H groups in total. The van der Waals surface area contributed by atoms with Crippen molar-refractivity contribution in [1.29, 1.82) is 0 Å². The molecule has 0 aromatic carbocycles. The quantitative estimate of drug-likeness (QED) is 0.0252. The minimum Gasteiger partial charge on any atom is -0.480 e. The number of rotatable bonds is 44. The fourth-order valence-corrected chi connectivity index (χ4v) is 21.9. The van der Waals surface area contributed by atoms with E-state index in [0.29, 0.717) is 89.9 Å². The summed E-state index contributed by atoms with van der Waals surface area (Å²) in [5, 5.41) is 121. The van der Waals surface area contributed by atoms with E-state index in [2.05, 4.69) is 40.2 Å². The van der Waals surface area contributed by atoms with E-state index in [1.54, 1.807) is 20.8 Å². The predicted molar refractivity (Wildman–Crippen MR) is 434 cm³/mol. The molecule has 56 heteroatoms. The molecular weight excluding hydrogens is 1670 g/mol. The maximum atomic E-state index is 13.2. The van der Waals surface area contributed by atoms with E-state index in [1.165, 1.54) is 20.8 Å². The standard InChI is InChI=1S/C17H32BN5O7S.2C16H32BN5O7S.C15H30BN5O7S/c1-11(19)13(24)21-15(4-5-15)16(6-7-16)22-31(29,30)23-9-12(3-2-8-18(27)28)17(20,10-23)14(25)26;2*1-10(18)13(23)20-15(5-6-15)11(2)21-30(28,29)22-8-12(4-3-7-17(26)27)16(19,9-22)14(24)25;1-10(17)12(22)20-14(4-5-14)8-19-29(27,28)21-7-11(3-2-6-16(25)26)15(18,9-21)13(23)24/h11-12,22,27-28H,2-10,19-20H2,1H3,(H,21,24)(H,25,26);2*10-12,21,26-27H,3-9,18-19H2,1-2H3,(H,20,23)(H,24,25);10-11,19,25-26H,2-9,17-18H2,1H3,(H,20,22)(H,23,24)/t11-,12-,17-;10-,11+,12-,16-;10-,11-,12-,16-;10-,11-,15-/m0000/s1. The molecule has 686 valence electrons. The second kappa shape index (κ2) is 40.2. The van der Waals surface area contributed by atoms with E-state index in [-0.39, 0.29) is 114 Å². The number of hydrogen-bond acceptors (Lipinski definition) is 32. The average molecular weight is 1800 g/mol. The molecule has 0 spiro atoms. The van der Waals surface area contributed by atoms with E-state index in [9.17, 15) is 92.5 Å². The van der Waals surface area contributed by atoms with Crippen LogP contribution in [0.25, 0.3) is 0 Å². The van der Waals surface area contributed by atoms with Gasteiger partial charge in [0.25, 0.3) is 40.8 Å². The number of carbonyl (C=O) groups is 8. The van der Waals surface area contributed by atoms with Crippen molar-refractivity contribution in [2.24, 2.45) is 69.5 Å². The summed E-state index contributed by atoms with van der Waals surface area (Å²) in [6, 6.07) is -4.14. The molecule has 9 aliphatic rings. The Labute approximate surface area is 700 Å². The van der Waals surface area contributed by atoms with Gasteiger partial charge in [0.05, 0.1) is 51.9 Å². The fraction of sp³-hybridized carbons (Fsp3) is 0.875. The van der Waals surface area contributed by atoms with E-state index < -0.39 is 223 Å². The topological polar surface area (TPSA) is 833 Å².